The van der Waals surface area contributed by atoms with Gasteiger partial charge in [-0.3, -0.25) is 0 Å². The molecule has 0 aromatic rings. The first-order valence-electron chi connectivity index (χ1n) is 6.12. The molecule has 0 spiro atoms. The third-order valence-electron chi connectivity index (χ3n) is 4.32. The van der Waals surface area contributed by atoms with Gasteiger partial charge >= 0.3 is 0 Å². The zero-order valence-corrected chi connectivity index (χ0v) is 11.1. The molecule has 0 aliphatic heterocycles. The quantitative estimate of drug-likeness (QED) is 0.688. The van der Waals surface area contributed by atoms with Crippen LogP contribution >= 0.6 is 0 Å². The summed E-state index contributed by atoms with van der Waals surface area (Å²) >= 11 is 0. The summed E-state index contributed by atoms with van der Waals surface area (Å²) in [6.45, 7) is 14.0. The highest BCUT2D eigenvalue weighted by Crippen LogP contribution is 2.34. The Bertz CT molecular complexity index is 145. The lowest BCUT2D eigenvalue weighted by molar-refractivity contribution is 0.121. The van der Waals surface area contributed by atoms with Crippen LogP contribution in [0.2, 0.25) is 0 Å². The standard InChI is InChI=1S/C13H29N/c1-8-12(9-2)13(6,14-7)11(5)10(3)4/h10-12,14H,8-9H2,1-7H3/t11-,13?/m1/s1. The molecule has 0 radical (unpaired) electrons. The number of nitrogens with one attached hydrogen (secondary N) is 1. The monoisotopic (exact) mass is 199 g/mol. The minimum Gasteiger partial charge on any atom is -0.314 e. The fourth-order valence-electron chi connectivity index (χ4n) is 2.63. The van der Waals surface area contributed by atoms with E-state index >= 15 is 0 Å². The summed E-state index contributed by atoms with van der Waals surface area (Å²) in [4.78, 5) is 0. The molecular weight excluding hydrogens is 170 g/mol. The van der Waals surface area contributed by atoms with Crippen molar-refractivity contribution in [2.45, 2.75) is 59.9 Å². The maximum atomic E-state index is 3.56. The molecule has 14 heavy (non-hydrogen) atoms. The maximum absolute atomic E-state index is 3.56. The van der Waals surface area contributed by atoms with E-state index in [1.807, 2.05) is 0 Å². The number of hydrogen-bond donors (Lipinski definition) is 1. The molecule has 0 bridgehead atoms. The van der Waals surface area contributed by atoms with Gasteiger partial charge in [0.25, 0.3) is 0 Å². The molecule has 2 atom stereocenters. The van der Waals surface area contributed by atoms with Crippen LogP contribution in [0.25, 0.3) is 0 Å². The highest BCUT2D eigenvalue weighted by atomic mass is 15.0. The molecule has 0 aromatic heterocycles. The summed E-state index contributed by atoms with van der Waals surface area (Å²) in [5.74, 6) is 2.25. The van der Waals surface area contributed by atoms with Crippen molar-refractivity contribution in [2.75, 3.05) is 7.05 Å². The summed E-state index contributed by atoms with van der Waals surface area (Å²) in [5, 5.41) is 3.56. The van der Waals surface area contributed by atoms with E-state index in [1.165, 1.54) is 12.8 Å². The molecule has 0 saturated heterocycles. The zero-order chi connectivity index (χ0) is 11.4. The van der Waals surface area contributed by atoms with E-state index in [9.17, 15) is 0 Å². The Kier molecular flexibility index (Phi) is 5.73. The van der Waals surface area contributed by atoms with Crippen molar-refractivity contribution in [2.24, 2.45) is 17.8 Å². The minimum absolute atomic E-state index is 0.289. The lowest BCUT2D eigenvalue weighted by Crippen LogP contribution is -2.53. The van der Waals surface area contributed by atoms with Crippen LogP contribution in [0.4, 0.5) is 0 Å². The van der Waals surface area contributed by atoms with E-state index in [-0.39, 0.29) is 5.54 Å². The molecule has 1 nitrogen and oxygen atoms in total. The Balaban J connectivity index is 4.75. The van der Waals surface area contributed by atoms with E-state index in [0.29, 0.717) is 0 Å². The van der Waals surface area contributed by atoms with Crippen LogP contribution < -0.4 is 5.32 Å². The molecule has 1 heteroatoms. The number of rotatable bonds is 6. The molecule has 1 N–H and O–H groups in total. The van der Waals surface area contributed by atoms with Gasteiger partial charge in [0.05, 0.1) is 0 Å². The van der Waals surface area contributed by atoms with Crippen molar-refractivity contribution in [1.82, 2.24) is 5.32 Å². The SMILES string of the molecule is CCC(CC)C(C)(NC)[C@H](C)C(C)C. The van der Waals surface area contributed by atoms with E-state index < -0.39 is 0 Å². The van der Waals surface area contributed by atoms with Gasteiger partial charge < -0.3 is 5.32 Å². The third kappa shape index (κ3) is 2.73. The average molecular weight is 199 g/mol. The molecule has 0 fully saturated rings. The molecule has 86 valence electrons. The van der Waals surface area contributed by atoms with Crippen LogP contribution in [0.3, 0.4) is 0 Å². The molecular formula is C13H29N. The summed E-state index contributed by atoms with van der Waals surface area (Å²) < 4.78 is 0. The first-order chi connectivity index (χ1) is 6.43. The van der Waals surface area contributed by atoms with E-state index in [4.69, 9.17) is 0 Å². The summed E-state index contributed by atoms with van der Waals surface area (Å²) in [6.07, 6.45) is 2.54. The second-order valence-electron chi connectivity index (χ2n) is 5.08. The van der Waals surface area contributed by atoms with E-state index in [2.05, 4.69) is 53.9 Å². The Morgan fingerprint density at radius 2 is 1.50 bits per heavy atom. The Morgan fingerprint density at radius 3 is 1.71 bits per heavy atom. The van der Waals surface area contributed by atoms with Crippen LogP contribution in [-0.2, 0) is 0 Å². The maximum Gasteiger partial charge on any atom is 0.0206 e. The van der Waals surface area contributed by atoms with Crippen LogP contribution in [0.5, 0.6) is 0 Å². The molecule has 0 saturated carbocycles. The van der Waals surface area contributed by atoms with Crippen LogP contribution in [0, 0.1) is 17.8 Å². The third-order valence-corrected chi connectivity index (χ3v) is 4.32. The van der Waals surface area contributed by atoms with Gasteiger partial charge in [0.1, 0.15) is 0 Å². The summed E-state index contributed by atoms with van der Waals surface area (Å²) in [7, 11) is 2.11. The van der Waals surface area contributed by atoms with Crippen LogP contribution in [0.1, 0.15) is 54.4 Å². The van der Waals surface area contributed by atoms with Gasteiger partial charge in [0.15, 0.2) is 0 Å². The zero-order valence-electron chi connectivity index (χ0n) is 11.1. The first-order valence-corrected chi connectivity index (χ1v) is 6.12. The Morgan fingerprint density at radius 1 is 1.07 bits per heavy atom. The van der Waals surface area contributed by atoms with Gasteiger partial charge in [-0.05, 0) is 31.7 Å². The molecule has 0 amide bonds. The van der Waals surface area contributed by atoms with Crippen molar-refractivity contribution in [3.63, 3.8) is 0 Å². The second-order valence-corrected chi connectivity index (χ2v) is 5.08. The van der Waals surface area contributed by atoms with E-state index in [1.54, 1.807) is 0 Å². The fraction of sp³-hybridized carbons (Fsp3) is 1.00. The van der Waals surface area contributed by atoms with Crippen molar-refractivity contribution in [3.8, 4) is 0 Å². The fourth-order valence-corrected chi connectivity index (χ4v) is 2.63. The molecule has 0 aliphatic rings. The van der Waals surface area contributed by atoms with Crippen molar-refractivity contribution >= 4 is 0 Å². The predicted molar refractivity (Wildman–Crippen MR) is 65.5 cm³/mol. The van der Waals surface area contributed by atoms with Gasteiger partial charge in [0, 0.05) is 5.54 Å². The van der Waals surface area contributed by atoms with E-state index in [0.717, 1.165) is 17.8 Å². The van der Waals surface area contributed by atoms with Gasteiger partial charge in [-0.25, -0.2) is 0 Å². The smallest absolute Gasteiger partial charge is 0.0206 e. The molecule has 0 aromatic carbocycles. The van der Waals surface area contributed by atoms with Crippen LogP contribution in [-0.4, -0.2) is 12.6 Å². The highest BCUT2D eigenvalue weighted by Gasteiger charge is 2.36. The first kappa shape index (κ1) is 14.0. The predicted octanol–water partition coefficient (Wildman–Crippen LogP) is 3.69. The topological polar surface area (TPSA) is 12.0 Å². The van der Waals surface area contributed by atoms with Gasteiger partial charge in [-0.1, -0.05) is 47.5 Å². The Labute approximate surface area is 90.7 Å². The largest absolute Gasteiger partial charge is 0.314 e. The number of hydrogen-bond acceptors (Lipinski definition) is 1. The van der Waals surface area contributed by atoms with Crippen LogP contribution in [0.15, 0.2) is 0 Å². The lowest BCUT2D eigenvalue weighted by Gasteiger charge is -2.44. The van der Waals surface area contributed by atoms with Crippen molar-refractivity contribution in [3.05, 3.63) is 0 Å². The van der Waals surface area contributed by atoms with Gasteiger partial charge in [-0.15, -0.1) is 0 Å². The molecule has 0 aliphatic carbocycles. The minimum atomic E-state index is 0.289. The summed E-state index contributed by atoms with van der Waals surface area (Å²) in [5.41, 5.74) is 0.289. The second kappa shape index (κ2) is 5.75. The molecule has 0 rings (SSSR count). The lowest BCUT2D eigenvalue weighted by atomic mass is 9.69. The van der Waals surface area contributed by atoms with Gasteiger partial charge in [-0.2, -0.15) is 0 Å². The average Bonchev–Trinajstić information content (AvgIpc) is 2.17. The summed E-state index contributed by atoms with van der Waals surface area (Å²) in [6, 6.07) is 0. The van der Waals surface area contributed by atoms with Crippen molar-refractivity contribution in [1.29, 1.82) is 0 Å². The van der Waals surface area contributed by atoms with Crippen molar-refractivity contribution < 1.29 is 0 Å². The molecule has 1 unspecified atom stereocenters. The molecule has 0 heterocycles. The normalized spacial score (nSPS) is 18.6. The highest BCUT2D eigenvalue weighted by molar-refractivity contribution is 4.93. The van der Waals surface area contributed by atoms with Gasteiger partial charge in [0.2, 0.25) is 0 Å². The Hall–Kier alpha value is -0.0400.